The van der Waals surface area contributed by atoms with Crippen molar-refractivity contribution >= 4 is 11.7 Å². The predicted molar refractivity (Wildman–Crippen MR) is 97.0 cm³/mol. The molecule has 0 aliphatic carbocycles. The molecule has 1 atom stereocenters. The molecule has 2 aromatic carbocycles. The van der Waals surface area contributed by atoms with Gasteiger partial charge in [-0.1, -0.05) is 56.3 Å². The number of Topliss-reactive ketones (excluding diaryl/α,β-unsaturated/α-hetero) is 1. The van der Waals surface area contributed by atoms with Gasteiger partial charge in [0, 0.05) is 18.4 Å². The number of carbonyl (C=O) groups excluding carboxylic acids is 2. The van der Waals surface area contributed by atoms with E-state index in [1.807, 2.05) is 61.5 Å². The summed E-state index contributed by atoms with van der Waals surface area (Å²) in [7, 11) is 0. The van der Waals surface area contributed by atoms with Gasteiger partial charge in [0.05, 0.1) is 6.04 Å². The number of hydrogen-bond acceptors (Lipinski definition) is 2. The number of ketones is 1. The topological polar surface area (TPSA) is 46.2 Å². The molecular formula is C21H25NO2. The summed E-state index contributed by atoms with van der Waals surface area (Å²) in [5.74, 6) is 0.0393. The van der Waals surface area contributed by atoms with Crippen molar-refractivity contribution < 1.29 is 9.59 Å². The summed E-state index contributed by atoms with van der Waals surface area (Å²) in [6.45, 7) is 4.05. The summed E-state index contributed by atoms with van der Waals surface area (Å²) >= 11 is 0. The second-order valence-electron chi connectivity index (χ2n) is 5.98. The minimum atomic E-state index is -0.289. The van der Waals surface area contributed by atoms with Crippen molar-refractivity contribution in [2.45, 2.75) is 45.6 Å². The Morgan fingerprint density at radius 3 is 2.42 bits per heavy atom. The largest absolute Gasteiger partial charge is 0.345 e. The van der Waals surface area contributed by atoms with Crippen LogP contribution >= 0.6 is 0 Å². The van der Waals surface area contributed by atoms with Crippen LogP contribution in [0.2, 0.25) is 0 Å². The number of benzene rings is 2. The van der Waals surface area contributed by atoms with Crippen LogP contribution in [0, 0.1) is 0 Å². The first-order valence-corrected chi connectivity index (χ1v) is 8.60. The van der Waals surface area contributed by atoms with Crippen LogP contribution in [0.5, 0.6) is 0 Å². The summed E-state index contributed by atoms with van der Waals surface area (Å²) < 4.78 is 0. The van der Waals surface area contributed by atoms with E-state index in [2.05, 4.69) is 12.2 Å². The summed E-state index contributed by atoms with van der Waals surface area (Å²) in [6.07, 6.45) is 2.59. The molecule has 126 valence electrons. The lowest BCUT2D eigenvalue weighted by Crippen LogP contribution is -2.30. The lowest BCUT2D eigenvalue weighted by atomic mass is 9.99. The Labute approximate surface area is 144 Å². The Morgan fingerprint density at radius 2 is 1.75 bits per heavy atom. The highest BCUT2D eigenvalue weighted by atomic mass is 16.2. The molecule has 0 aliphatic heterocycles. The molecule has 2 aromatic rings. The van der Waals surface area contributed by atoms with Crippen molar-refractivity contribution in [2.75, 3.05) is 0 Å². The van der Waals surface area contributed by atoms with Gasteiger partial charge in [0.1, 0.15) is 5.78 Å². The zero-order chi connectivity index (χ0) is 17.4. The highest BCUT2D eigenvalue weighted by Gasteiger charge is 2.18. The second kappa shape index (κ2) is 9.02. The van der Waals surface area contributed by atoms with Crippen LogP contribution in [-0.2, 0) is 11.2 Å². The molecule has 1 N–H and O–H groups in total. The molecule has 0 radical (unpaired) electrons. The third kappa shape index (κ3) is 5.05. The van der Waals surface area contributed by atoms with Gasteiger partial charge in [-0.15, -0.1) is 0 Å². The molecule has 2 rings (SSSR count). The minimum Gasteiger partial charge on any atom is -0.345 e. The third-order valence-electron chi connectivity index (χ3n) is 4.07. The quantitative estimate of drug-likeness (QED) is 0.778. The van der Waals surface area contributed by atoms with E-state index in [-0.39, 0.29) is 17.7 Å². The van der Waals surface area contributed by atoms with E-state index >= 15 is 0 Å². The fourth-order valence-electron chi connectivity index (χ4n) is 2.72. The number of hydrogen-bond donors (Lipinski definition) is 1. The highest BCUT2D eigenvalue weighted by Crippen LogP contribution is 2.19. The molecule has 0 bridgehead atoms. The number of carbonyl (C=O) groups is 2. The predicted octanol–water partition coefficient (Wildman–Crippen LogP) is 4.48. The summed E-state index contributed by atoms with van der Waals surface area (Å²) in [5, 5.41) is 3.03. The van der Waals surface area contributed by atoms with E-state index < -0.39 is 0 Å². The van der Waals surface area contributed by atoms with Crippen molar-refractivity contribution in [3.8, 4) is 0 Å². The van der Waals surface area contributed by atoms with Crippen molar-refractivity contribution in [1.82, 2.24) is 5.32 Å². The van der Waals surface area contributed by atoms with E-state index in [0.717, 1.165) is 24.0 Å². The second-order valence-corrected chi connectivity index (χ2v) is 5.98. The molecule has 24 heavy (non-hydrogen) atoms. The molecule has 0 saturated carbocycles. The maximum Gasteiger partial charge on any atom is 0.251 e. The normalized spacial score (nSPS) is 11.8. The molecule has 0 saturated heterocycles. The van der Waals surface area contributed by atoms with Gasteiger partial charge in [-0.3, -0.25) is 9.59 Å². The van der Waals surface area contributed by atoms with Gasteiger partial charge in [0.2, 0.25) is 0 Å². The average Bonchev–Trinajstić information content (AvgIpc) is 2.62. The smallest absolute Gasteiger partial charge is 0.251 e. The Bertz CT molecular complexity index is 679. The zero-order valence-corrected chi connectivity index (χ0v) is 14.4. The Hall–Kier alpha value is -2.42. The van der Waals surface area contributed by atoms with Crippen molar-refractivity contribution in [3.63, 3.8) is 0 Å². The number of nitrogens with one attached hydrogen (secondary N) is 1. The summed E-state index contributed by atoms with van der Waals surface area (Å²) in [5.41, 5.74) is 2.72. The molecule has 0 spiro atoms. The lowest BCUT2D eigenvalue weighted by Gasteiger charge is -2.19. The summed E-state index contributed by atoms with van der Waals surface area (Å²) in [4.78, 5) is 24.7. The first kappa shape index (κ1) is 17.9. The maximum atomic E-state index is 12.6. The van der Waals surface area contributed by atoms with E-state index in [0.29, 0.717) is 18.4 Å². The standard InChI is InChI=1S/C21H25NO2/c1-3-9-19(23)15-20(17-11-6-5-7-12-17)22-21(24)18-13-8-10-16(4-2)14-18/h5-8,10-14,20H,3-4,9,15H2,1-2H3,(H,22,24). The van der Waals surface area contributed by atoms with Gasteiger partial charge < -0.3 is 5.32 Å². The molecule has 3 nitrogen and oxygen atoms in total. The molecule has 1 unspecified atom stereocenters. The Morgan fingerprint density at radius 1 is 1.00 bits per heavy atom. The summed E-state index contributed by atoms with van der Waals surface area (Å²) in [6, 6.07) is 17.0. The maximum absolute atomic E-state index is 12.6. The molecule has 1 amide bonds. The Kier molecular flexibility index (Phi) is 6.74. The van der Waals surface area contributed by atoms with E-state index in [1.54, 1.807) is 0 Å². The molecule has 0 fully saturated rings. The highest BCUT2D eigenvalue weighted by molar-refractivity contribution is 5.95. The van der Waals surface area contributed by atoms with Crippen LogP contribution in [0.1, 0.15) is 60.6 Å². The number of rotatable bonds is 8. The zero-order valence-electron chi connectivity index (χ0n) is 14.4. The van der Waals surface area contributed by atoms with Gasteiger partial charge in [-0.05, 0) is 36.1 Å². The van der Waals surface area contributed by atoms with Crippen LogP contribution in [0.25, 0.3) is 0 Å². The van der Waals surface area contributed by atoms with Crippen molar-refractivity contribution in [3.05, 3.63) is 71.3 Å². The van der Waals surface area contributed by atoms with E-state index in [4.69, 9.17) is 0 Å². The minimum absolute atomic E-state index is 0.136. The van der Waals surface area contributed by atoms with E-state index in [9.17, 15) is 9.59 Å². The van der Waals surface area contributed by atoms with Gasteiger partial charge >= 0.3 is 0 Å². The Balaban J connectivity index is 2.17. The monoisotopic (exact) mass is 323 g/mol. The van der Waals surface area contributed by atoms with Crippen molar-refractivity contribution in [1.29, 1.82) is 0 Å². The van der Waals surface area contributed by atoms with Crippen LogP contribution in [0.3, 0.4) is 0 Å². The fraction of sp³-hybridized carbons (Fsp3) is 0.333. The molecule has 0 aromatic heterocycles. The number of amides is 1. The SMILES string of the molecule is CCCC(=O)CC(NC(=O)c1cccc(CC)c1)c1ccccc1. The van der Waals surface area contributed by atoms with Crippen LogP contribution in [0.15, 0.2) is 54.6 Å². The number of aryl methyl sites for hydroxylation is 1. The van der Waals surface area contributed by atoms with Gasteiger partial charge in [0.25, 0.3) is 5.91 Å². The first-order valence-electron chi connectivity index (χ1n) is 8.60. The van der Waals surface area contributed by atoms with Crippen LogP contribution in [0.4, 0.5) is 0 Å². The van der Waals surface area contributed by atoms with Gasteiger partial charge in [-0.25, -0.2) is 0 Å². The van der Waals surface area contributed by atoms with Crippen LogP contribution in [-0.4, -0.2) is 11.7 Å². The third-order valence-corrected chi connectivity index (χ3v) is 4.07. The first-order chi connectivity index (χ1) is 11.6. The molecule has 3 heteroatoms. The van der Waals surface area contributed by atoms with Gasteiger partial charge in [-0.2, -0.15) is 0 Å². The fourth-order valence-corrected chi connectivity index (χ4v) is 2.72. The van der Waals surface area contributed by atoms with E-state index in [1.165, 1.54) is 0 Å². The molecule has 0 aliphatic rings. The molecular weight excluding hydrogens is 298 g/mol. The van der Waals surface area contributed by atoms with Crippen LogP contribution < -0.4 is 5.32 Å². The molecule has 0 heterocycles. The van der Waals surface area contributed by atoms with Crippen molar-refractivity contribution in [2.24, 2.45) is 0 Å². The average molecular weight is 323 g/mol. The lowest BCUT2D eigenvalue weighted by molar-refractivity contribution is -0.119. The van der Waals surface area contributed by atoms with Gasteiger partial charge in [0.15, 0.2) is 0 Å².